The molecule has 1 heterocycles. The summed E-state index contributed by atoms with van der Waals surface area (Å²) in [7, 11) is 1.78. The number of hydrogen-bond acceptors (Lipinski definition) is 4. The van der Waals surface area contributed by atoms with Gasteiger partial charge in [-0.1, -0.05) is 48.5 Å². The molecule has 0 fully saturated rings. The van der Waals surface area contributed by atoms with Crippen molar-refractivity contribution in [2.24, 2.45) is 7.05 Å². The van der Waals surface area contributed by atoms with E-state index in [0.29, 0.717) is 12.4 Å². The Labute approximate surface area is 142 Å². The molecular formula is C19H23N5. The molecule has 1 N–H and O–H groups in total. The molecule has 5 heteroatoms. The van der Waals surface area contributed by atoms with Gasteiger partial charge in [0, 0.05) is 6.04 Å². The molecule has 2 aromatic carbocycles. The van der Waals surface area contributed by atoms with Crippen LogP contribution < -0.4 is 5.32 Å². The minimum atomic E-state index is 0.204. The second kappa shape index (κ2) is 7.36. The average molecular weight is 321 g/mol. The molecule has 5 nitrogen and oxygen atoms in total. The summed E-state index contributed by atoms with van der Waals surface area (Å²) in [5.74, 6) is 0.708. The normalized spacial score (nSPS) is 12.3. The molecule has 3 rings (SSSR count). The molecule has 0 aliphatic carbocycles. The van der Waals surface area contributed by atoms with Gasteiger partial charge in [-0.05, 0) is 47.7 Å². The fourth-order valence-corrected chi connectivity index (χ4v) is 2.75. The lowest BCUT2D eigenvalue weighted by Crippen LogP contribution is -2.24. The van der Waals surface area contributed by atoms with E-state index in [2.05, 4.69) is 77.0 Å². The summed E-state index contributed by atoms with van der Waals surface area (Å²) < 4.78 is 0. The van der Waals surface area contributed by atoms with Crippen molar-refractivity contribution in [2.45, 2.75) is 32.9 Å². The second-order valence-corrected chi connectivity index (χ2v) is 6.16. The zero-order valence-electron chi connectivity index (χ0n) is 14.4. The Morgan fingerprint density at radius 1 is 1.04 bits per heavy atom. The monoisotopic (exact) mass is 321 g/mol. The molecule has 24 heavy (non-hydrogen) atoms. The first-order valence-corrected chi connectivity index (χ1v) is 8.19. The van der Waals surface area contributed by atoms with Gasteiger partial charge in [-0.2, -0.15) is 4.80 Å². The number of hydrogen-bond donors (Lipinski definition) is 1. The zero-order valence-corrected chi connectivity index (χ0v) is 14.4. The van der Waals surface area contributed by atoms with E-state index in [1.165, 1.54) is 27.1 Å². The average Bonchev–Trinajstić information content (AvgIpc) is 3.00. The summed E-state index contributed by atoms with van der Waals surface area (Å²) in [6.45, 7) is 4.89. The number of nitrogens with one attached hydrogen (secondary N) is 1. The van der Waals surface area contributed by atoms with Crippen molar-refractivity contribution in [2.75, 3.05) is 0 Å². The van der Waals surface area contributed by atoms with Crippen LogP contribution in [0.1, 0.15) is 34.1 Å². The van der Waals surface area contributed by atoms with E-state index in [9.17, 15) is 0 Å². The van der Waals surface area contributed by atoms with Crippen LogP contribution >= 0.6 is 0 Å². The lowest BCUT2D eigenvalue weighted by atomic mass is 9.96. The summed E-state index contributed by atoms with van der Waals surface area (Å²) >= 11 is 0. The lowest BCUT2D eigenvalue weighted by Gasteiger charge is -2.20. The van der Waals surface area contributed by atoms with E-state index in [1.807, 2.05) is 6.07 Å². The van der Waals surface area contributed by atoms with Crippen molar-refractivity contribution >= 4 is 0 Å². The quantitative estimate of drug-likeness (QED) is 0.758. The zero-order chi connectivity index (χ0) is 16.9. The van der Waals surface area contributed by atoms with E-state index in [4.69, 9.17) is 0 Å². The second-order valence-electron chi connectivity index (χ2n) is 6.16. The van der Waals surface area contributed by atoms with Crippen LogP contribution in [0.3, 0.4) is 0 Å². The first-order chi connectivity index (χ1) is 11.6. The molecule has 1 atom stereocenters. The van der Waals surface area contributed by atoms with Gasteiger partial charge in [0.1, 0.15) is 0 Å². The molecule has 0 aliphatic rings. The minimum absolute atomic E-state index is 0.204. The largest absolute Gasteiger partial charge is 0.302 e. The molecule has 0 spiro atoms. The Morgan fingerprint density at radius 3 is 2.50 bits per heavy atom. The van der Waals surface area contributed by atoms with Crippen LogP contribution in [0.5, 0.6) is 0 Å². The summed E-state index contributed by atoms with van der Waals surface area (Å²) in [5, 5.41) is 15.8. The highest BCUT2D eigenvalue weighted by Crippen LogP contribution is 2.21. The van der Waals surface area contributed by atoms with Gasteiger partial charge < -0.3 is 5.32 Å². The van der Waals surface area contributed by atoms with Gasteiger partial charge in [-0.15, -0.1) is 10.2 Å². The molecule has 0 aliphatic heterocycles. The maximum Gasteiger partial charge on any atom is 0.188 e. The molecule has 124 valence electrons. The Balaban J connectivity index is 1.80. The van der Waals surface area contributed by atoms with Crippen molar-refractivity contribution in [3.63, 3.8) is 0 Å². The van der Waals surface area contributed by atoms with Crippen LogP contribution in [0, 0.1) is 13.8 Å². The number of nitrogens with zero attached hydrogens (tertiary/aromatic N) is 4. The van der Waals surface area contributed by atoms with E-state index in [1.54, 1.807) is 7.05 Å². The molecule has 0 amide bonds. The molecule has 0 bridgehead atoms. The minimum Gasteiger partial charge on any atom is -0.302 e. The predicted octanol–water partition coefficient (Wildman–Crippen LogP) is 2.90. The fraction of sp³-hybridized carbons (Fsp3) is 0.316. The van der Waals surface area contributed by atoms with Gasteiger partial charge in [0.25, 0.3) is 0 Å². The first-order valence-electron chi connectivity index (χ1n) is 8.19. The lowest BCUT2D eigenvalue weighted by molar-refractivity contribution is 0.517. The molecule has 0 radical (unpaired) electrons. The van der Waals surface area contributed by atoms with Gasteiger partial charge in [0.15, 0.2) is 5.82 Å². The van der Waals surface area contributed by atoms with Crippen molar-refractivity contribution in [1.82, 2.24) is 25.5 Å². The van der Waals surface area contributed by atoms with Crippen LogP contribution in [-0.4, -0.2) is 20.2 Å². The number of tetrazole rings is 1. The maximum atomic E-state index is 4.25. The van der Waals surface area contributed by atoms with E-state index in [-0.39, 0.29) is 6.04 Å². The molecule has 1 aromatic heterocycles. The van der Waals surface area contributed by atoms with E-state index >= 15 is 0 Å². The predicted molar refractivity (Wildman–Crippen MR) is 94.4 cm³/mol. The number of aryl methyl sites for hydroxylation is 3. The Hall–Kier alpha value is -2.53. The Kier molecular flexibility index (Phi) is 5.01. The van der Waals surface area contributed by atoms with E-state index < -0.39 is 0 Å². The maximum absolute atomic E-state index is 4.25. The number of rotatable bonds is 6. The van der Waals surface area contributed by atoms with Gasteiger partial charge in [-0.3, -0.25) is 0 Å². The topological polar surface area (TPSA) is 55.6 Å². The summed E-state index contributed by atoms with van der Waals surface area (Å²) in [5.41, 5.74) is 5.21. The SMILES string of the molecule is Cc1ccc(C(Cc2ccccc2)NCc2nnn(C)n2)cc1C. The van der Waals surface area contributed by atoms with Crippen LogP contribution in [0.2, 0.25) is 0 Å². The highest BCUT2D eigenvalue weighted by molar-refractivity contribution is 5.33. The van der Waals surface area contributed by atoms with Crippen LogP contribution in [-0.2, 0) is 20.0 Å². The van der Waals surface area contributed by atoms with Crippen molar-refractivity contribution in [3.05, 3.63) is 76.6 Å². The number of benzene rings is 2. The van der Waals surface area contributed by atoms with Crippen molar-refractivity contribution < 1.29 is 0 Å². The van der Waals surface area contributed by atoms with Gasteiger partial charge in [0.05, 0.1) is 13.6 Å². The first kappa shape index (κ1) is 16.3. The third kappa shape index (κ3) is 4.06. The Bertz CT molecular complexity index is 795. The van der Waals surface area contributed by atoms with Crippen LogP contribution in [0.25, 0.3) is 0 Å². The smallest absolute Gasteiger partial charge is 0.188 e. The highest BCUT2D eigenvalue weighted by atomic mass is 15.6. The summed E-state index contributed by atoms with van der Waals surface area (Å²) in [6, 6.07) is 17.4. The molecule has 0 saturated heterocycles. The molecule has 0 saturated carbocycles. The highest BCUT2D eigenvalue weighted by Gasteiger charge is 2.14. The Morgan fingerprint density at radius 2 is 1.83 bits per heavy atom. The van der Waals surface area contributed by atoms with Crippen molar-refractivity contribution in [1.29, 1.82) is 0 Å². The van der Waals surface area contributed by atoms with Gasteiger partial charge in [-0.25, -0.2) is 0 Å². The summed E-state index contributed by atoms with van der Waals surface area (Å²) in [4.78, 5) is 1.49. The standard InChI is InChI=1S/C19H23N5/c1-14-9-10-17(11-15(14)2)18(12-16-7-5-4-6-8-16)20-13-19-21-23-24(3)22-19/h4-11,18,20H,12-13H2,1-3H3. The molecular weight excluding hydrogens is 298 g/mol. The van der Waals surface area contributed by atoms with E-state index in [0.717, 1.165) is 6.42 Å². The van der Waals surface area contributed by atoms with Crippen molar-refractivity contribution in [3.8, 4) is 0 Å². The molecule has 3 aromatic rings. The summed E-state index contributed by atoms with van der Waals surface area (Å²) in [6.07, 6.45) is 0.920. The van der Waals surface area contributed by atoms with Crippen LogP contribution in [0.15, 0.2) is 48.5 Å². The third-order valence-electron chi connectivity index (χ3n) is 4.27. The van der Waals surface area contributed by atoms with Gasteiger partial charge >= 0.3 is 0 Å². The number of aromatic nitrogens is 4. The third-order valence-corrected chi connectivity index (χ3v) is 4.27. The molecule has 1 unspecified atom stereocenters. The van der Waals surface area contributed by atoms with Gasteiger partial charge in [0.2, 0.25) is 0 Å². The van der Waals surface area contributed by atoms with Crippen LogP contribution in [0.4, 0.5) is 0 Å². The fourth-order valence-electron chi connectivity index (χ4n) is 2.75.